The van der Waals surface area contributed by atoms with E-state index in [0.717, 1.165) is 36.5 Å². The van der Waals surface area contributed by atoms with Crippen LogP contribution in [0.1, 0.15) is 46.0 Å². The summed E-state index contributed by atoms with van der Waals surface area (Å²) >= 11 is 0. The van der Waals surface area contributed by atoms with Crippen LogP contribution in [0.2, 0.25) is 0 Å². The lowest BCUT2D eigenvalue weighted by Gasteiger charge is -2.47. The van der Waals surface area contributed by atoms with E-state index in [9.17, 15) is 4.79 Å². The van der Waals surface area contributed by atoms with Gasteiger partial charge < -0.3 is 5.73 Å². The van der Waals surface area contributed by atoms with Gasteiger partial charge in [0.1, 0.15) is 0 Å². The first-order valence-corrected chi connectivity index (χ1v) is 6.39. The van der Waals surface area contributed by atoms with E-state index >= 15 is 0 Å². The SMILES string of the molecule is CC(C)[C@H]1C2CCCC1C[C@@H](C(N)=O)C2. The molecule has 2 rings (SSSR count). The van der Waals surface area contributed by atoms with Crippen molar-refractivity contribution in [2.45, 2.75) is 46.0 Å². The van der Waals surface area contributed by atoms with Crippen molar-refractivity contribution in [3.63, 3.8) is 0 Å². The lowest BCUT2D eigenvalue weighted by Crippen LogP contribution is -2.42. The summed E-state index contributed by atoms with van der Waals surface area (Å²) in [5, 5.41) is 0. The number of hydrogen-bond acceptors (Lipinski definition) is 1. The van der Waals surface area contributed by atoms with E-state index in [4.69, 9.17) is 5.73 Å². The topological polar surface area (TPSA) is 43.1 Å². The van der Waals surface area contributed by atoms with Gasteiger partial charge >= 0.3 is 0 Å². The zero-order valence-corrected chi connectivity index (χ0v) is 9.91. The van der Waals surface area contributed by atoms with Gasteiger partial charge in [-0.1, -0.05) is 33.1 Å². The molecule has 2 aliphatic carbocycles. The van der Waals surface area contributed by atoms with Crippen molar-refractivity contribution in [1.82, 2.24) is 0 Å². The average Bonchev–Trinajstić information content (AvgIpc) is 2.15. The maximum atomic E-state index is 11.3. The number of hydrogen-bond donors (Lipinski definition) is 1. The standard InChI is InChI=1S/C13H23NO/c1-8(2)12-9-4-3-5-10(12)7-11(6-9)13(14)15/h8-12H,3-7H2,1-2H3,(H2,14,15)/t9?,10?,11-,12-. The molecule has 0 aromatic rings. The van der Waals surface area contributed by atoms with Crippen LogP contribution < -0.4 is 5.73 Å². The largest absolute Gasteiger partial charge is 0.369 e. The van der Waals surface area contributed by atoms with Crippen molar-refractivity contribution < 1.29 is 4.79 Å². The second kappa shape index (κ2) is 4.15. The minimum atomic E-state index is -0.0610. The quantitative estimate of drug-likeness (QED) is 0.746. The Morgan fingerprint density at radius 1 is 1.20 bits per heavy atom. The predicted octanol–water partition coefficient (Wildman–Crippen LogP) is 2.57. The minimum absolute atomic E-state index is 0.0610. The summed E-state index contributed by atoms with van der Waals surface area (Å²) in [5.74, 6) is 3.29. The fraction of sp³-hybridized carbons (Fsp3) is 0.923. The molecule has 2 atom stereocenters. The zero-order chi connectivity index (χ0) is 11.0. The van der Waals surface area contributed by atoms with Gasteiger partial charge in [0.05, 0.1) is 0 Å². The molecular formula is C13H23NO. The van der Waals surface area contributed by atoms with Crippen LogP contribution in [0.5, 0.6) is 0 Å². The van der Waals surface area contributed by atoms with Gasteiger partial charge in [0, 0.05) is 5.92 Å². The first-order chi connectivity index (χ1) is 7.09. The number of primary amides is 1. The molecule has 2 saturated carbocycles. The third kappa shape index (κ3) is 2.04. The molecule has 2 N–H and O–H groups in total. The Kier molecular flexibility index (Phi) is 3.03. The molecule has 15 heavy (non-hydrogen) atoms. The molecule has 86 valence electrons. The fourth-order valence-corrected chi connectivity index (χ4v) is 4.11. The molecule has 0 aromatic heterocycles. The molecule has 0 spiro atoms. The van der Waals surface area contributed by atoms with E-state index in [1.54, 1.807) is 0 Å². The van der Waals surface area contributed by atoms with Crippen LogP contribution >= 0.6 is 0 Å². The van der Waals surface area contributed by atoms with Crippen molar-refractivity contribution in [1.29, 1.82) is 0 Å². The summed E-state index contributed by atoms with van der Waals surface area (Å²) in [4.78, 5) is 11.3. The van der Waals surface area contributed by atoms with Crippen LogP contribution in [-0.4, -0.2) is 5.91 Å². The van der Waals surface area contributed by atoms with Gasteiger partial charge in [-0.3, -0.25) is 4.79 Å². The molecule has 0 heterocycles. The minimum Gasteiger partial charge on any atom is -0.369 e. The normalized spacial score (nSPS) is 40.5. The molecule has 2 nitrogen and oxygen atoms in total. The van der Waals surface area contributed by atoms with Gasteiger partial charge in [-0.2, -0.15) is 0 Å². The van der Waals surface area contributed by atoms with Gasteiger partial charge in [0.25, 0.3) is 0 Å². The van der Waals surface area contributed by atoms with Crippen LogP contribution in [-0.2, 0) is 4.79 Å². The summed E-state index contributed by atoms with van der Waals surface area (Å²) in [5.41, 5.74) is 5.45. The second-order valence-corrected chi connectivity index (χ2v) is 5.84. The third-order valence-electron chi connectivity index (χ3n) is 4.59. The summed E-state index contributed by atoms with van der Waals surface area (Å²) in [6.07, 6.45) is 6.14. The van der Waals surface area contributed by atoms with Crippen molar-refractivity contribution in [2.24, 2.45) is 35.3 Å². The molecule has 0 aromatic carbocycles. The molecule has 0 radical (unpaired) electrons. The highest BCUT2D eigenvalue weighted by atomic mass is 16.1. The molecule has 1 amide bonds. The van der Waals surface area contributed by atoms with Crippen LogP contribution in [0.3, 0.4) is 0 Å². The molecule has 2 fully saturated rings. The van der Waals surface area contributed by atoms with Crippen LogP contribution in [0.4, 0.5) is 0 Å². The summed E-state index contributed by atoms with van der Waals surface area (Å²) in [7, 11) is 0. The van der Waals surface area contributed by atoms with E-state index in [1.165, 1.54) is 19.3 Å². The Morgan fingerprint density at radius 3 is 2.13 bits per heavy atom. The van der Waals surface area contributed by atoms with Crippen molar-refractivity contribution in [2.75, 3.05) is 0 Å². The van der Waals surface area contributed by atoms with E-state index in [2.05, 4.69) is 13.8 Å². The van der Waals surface area contributed by atoms with Crippen LogP contribution in [0.15, 0.2) is 0 Å². The third-order valence-corrected chi connectivity index (χ3v) is 4.59. The van der Waals surface area contributed by atoms with E-state index in [0.29, 0.717) is 0 Å². The monoisotopic (exact) mass is 209 g/mol. The zero-order valence-electron chi connectivity index (χ0n) is 9.91. The maximum absolute atomic E-state index is 11.3. The van der Waals surface area contributed by atoms with Crippen molar-refractivity contribution in [3.8, 4) is 0 Å². The lowest BCUT2D eigenvalue weighted by atomic mass is 9.58. The van der Waals surface area contributed by atoms with Gasteiger partial charge in [-0.15, -0.1) is 0 Å². The number of nitrogens with two attached hydrogens (primary N) is 1. The number of carbonyl (C=O) groups is 1. The molecule has 2 unspecified atom stereocenters. The number of carbonyl (C=O) groups excluding carboxylic acids is 1. The fourth-order valence-electron chi connectivity index (χ4n) is 4.11. The Morgan fingerprint density at radius 2 is 1.73 bits per heavy atom. The molecular weight excluding hydrogens is 186 g/mol. The number of fused-ring (bicyclic) bond motifs is 2. The first-order valence-electron chi connectivity index (χ1n) is 6.39. The Hall–Kier alpha value is -0.530. The van der Waals surface area contributed by atoms with Gasteiger partial charge in [0.15, 0.2) is 0 Å². The highest BCUT2D eigenvalue weighted by Crippen LogP contribution is 2.49. The molecule has 0 aliphatic heterocycles. The second-order valence-electron chi connectivity index (χ2n) is 5.84. The maximum Gasteiger partial charge on any atom is 0.220 e. The highest BCUT2D eigenvalue weighted by Gasteiger charge is 2.42. The van der Waals surface area contributed by atoms with E-state index in [1.807, 2.05) is 0 Å². The smallest absolute Gasteiger partial charge is 0.220 e. The van der Waals surface area contributed by atoms with Crippen molar-refractivity contribution >= 4 is 5.91 Å². The van der Waals surface area contributed by atoms with Crippen LogP contribution in [0.25, 0.3) is 0 Å². The van der Waals surface area contributed by atoms with Crippen molar-refractivity contribution in [3.05, 3.63) is 0 Å². The summed E-state index contributed by atoms with van der Waals surface area (Å²) in [6, 6.07) is 0. The molecule has 2 bridgehead atoms. The van der Waals surface area contributed by atoms with Gasteiger partial charge in [-0.05, 0) is 36.5 Å². The summed E-state index contributed by atoms with van der Waals surface area (Å²) in [6.45, 7) is 4.67. The summed E-state index contributed by atoms with van der Waals surface area (Å²) < 4.78 is 0. The Bertz CT molecular complexity index is 235. The Balaban J connectivity index is 2.11. The molecule has 0 saturated heterocycles. The average molecular weight is 209 g/mol. The molecule has 2 aliphatic rings. The molecule has 2 heteroatoms. The predicted molar refractivity (Wildman–Crippen MR) is 61.1 cm³/mol. The van der Waals surface area contributed by atoms with Gasteiger partial charge in [-0.25, -0.2) is 0 Å². The van der Waals surface area contributed by atoms with E-state index in [-0.39, 0.29) is 11.8 Å². The van der Waals surface area contributed by atoms with Crippen LogP contribution in [0, 0.1) is 29.6 Å². The Labute approximate surface area is 92.6 Å². The highest BCUT2D eigenvalue weighted by molar-refractivity contribution is 5.76. The van der Waals surface area contributed by atoms with E-state index < -0.39 is 0 Å². The first kappa shape index (κ1) is 11.0. The number of amides is 1. The van der Waals surface area contributed by atoms with Gasteiger partial charge in [0.2, 0.25) is 5.91 Å². The number of rotatable bonds is 2. The lowest BCUT2D eigenvalue weighted by molar-refractivity contribution is -0.126.